The van der Waals surface area contributed by atoms with Gasteiger partial charge in [-0.25, -0.2) is 9.97 Å². The zero-order valence-corrected chi connectivity index (χ0v) is 11.7. The van der Waals surface area contributed by atoms with Crippen LogP contribution in [-0.4, -0.2) is 23.6 Å². The molecule has 3 rings (SSSR count). The number of fused-ring (bicyclic) bond motifs is 1. The number of aryl methyl sites for hydroxylation is 1. The van der Waals surface area contributed by atoms with Crippen LogP contribution in [-0.2, 0) is 12.8 Å². The van der Waals surface area contributed by atoms with Crippen LogP contribution >= 0.6 is 0 Å². The fourth-order valence-electron chi connectivity index (χ4n) is 2.65. The lowest BCUT2D eigenvalue weighted by molar-refractivity contribution is 0.357. The summed E-state index contributed by atoms with van der Waals surface area (Å²) in [5, 5.41) is 3.33. The van der Waals surface area contributed by atoms with Crippen molar-refractivity contribution >= 4 is 0 Å². The van der Waals surface area contributed by atoms with Crippen LogP contribution in [0.25, 0.3) is 0 Å². The summed E-state index contributed by atoms with van der Waals surface area (Å²) in [6.07, 6.45) is 6.48. The molecule has 1 unspecified atom stereocenters. The highest BCUT2D eigenvalue weighted by molar-refractivity contribution is 5.39. The van der Waals surface area contributed by atoms with Crippen molar-refractivity contribution in [1.82, 2.24) is 15.3 Å². The maximum absolute atomic E-state index is 5.54. The van der Waals surface area contributed by atoms with Gasteiger partial charge in [-0.2, -0.15) is 0 Å². The van der Waals surface area contributed by atoms with Gasteiger partial charge in [-0.15, -0.1) is 0 Å². The van der Waals surface area contributed by atoms with Crippen LogP contribution < -0.4 is 10.1 Å². The Morgan fingerprint density at radius 3 is 3.10 bits per heavy atom. The zero-order valence-electron chi connectivity index (χ0n) is 11.7. The maximum atomic E-state index is 5.54. The quantitative estimate of drug-likeness (QED) is 0.905. The van der Waals surface area contributed by atoms with Crippen molar-refractivity contribution in [2.45, 2.75) is 25.3 Å². The van der Waals surface area contributed by atoms with Crippen molar-refractivity contribution in [3.63, 3.8) is 0 Å². The Labute approximate surface area is 119 Å². The average Bonchev–Trinajstić information content (AvgIpc) is 2.96. The molecule has 1 atom stereocenters. The van der Waals surface area contributed by atoms with Crippen molar-refractivity contribution in [3.8, 4) is 5.75 Å². The molecule has 1 aromatic carbocycles. The SMILES string of the molecule is CNC(CCc1ccc2c(c1)CCO2)c1ccncn1. The number of nitrogens with one attached hydrogen (secondary N) is 1. The van der Waals surface area contributed by atoms with Gasteiger partial charge in [-0.05, 0) is 43.1 Å². The lowest BCUT2D eigenvalue weighted by Gasteiger charge is -2.15. The van der Waals surface area contributed by atoms with Crippen molar-refractivity contribution in [1.29, 1.82) is 0 Å². The average molecular weight is 269 g/mol. The third kappa shape index (κ3) is 2.80. The fourth-order valence-corrected chi connectivity index (χ4v) is 2.65. The summed E-state index contributed by atoms with van der Waals surface area (Å²) in [7, 11) is 1.98. The largest absolute Gasteiger partial charge is 0.493 e. The predicted molar refractivity (Wildman–Crippen MR) is 77.8 cm³/mol. The molecule has 2 heterocycles. The molecule has 1 N–H and O–H groups in total. The summed E-state index contributed by atoms with van der Waals surface area (Å²) in [6.45, 7) is 0.818. The van der Waals surface area contributed by atoms with Gasteiger partial charge in [0.25, 0.3) is 0 Å². The van der Waals surface area contributed by atoms with E-state index in [4.69, 9.17) is 4.74 Å². The minimum absolute atomic E-state index is 0.266. The molecule has 0 bridgehead atoms. The van der Waals surface area contributed by atoms with Gasteiger partial charge in [0.2, 0.25) is 0 Å². The highest BCUT2D eigenvalue weighted by atomic mass is 16.5. The lowest BCUT2D eigenvalue weighted by Crippen LogP contribution is -2.18. The maximum Gasteiger partial charge on any atom is 0.122 e. The molecule has 4 nitrogen and oxygen atoms in total. The number of nitrogens with zero attached hydrogens (tertiary/aromatic N) is 2. The molecule has 0 saturated carbocycles. The molecule has 0 amide bonds. The second-order valence-corrected chi connectivity index (χ2v) is 5.05. The minimum Gasteiger partial charge on any atom is -0.493 e. The van der Waals surface area contributed by atoms with E-state index in [1.165, 1.54) is 11.1 Å². The van der Waals surface area contributed by atoms with Crippen LogP contribution in [0, 0.1) is 0 Å². The molecule has 20 heavy (non-hydrogen) atoms. The highest BCUT2D eigenvalue weighted by Crippen LogP contribution is 2.27. The third-order valence-electron chi connectivity index (χ3n) is 3.79. The number of rotatable bonds is 5. The molecule has 0 radical (unpaired) electrons. The number of ether oxygens (including phenoxy) is 1. The van der Waals surface area contributed by atoms with Gasteiger partial charge in [0.15, 0.2) is 0 Å². The Morgan fingerprint density at radius 2 is 2.30 bits per heavy atom. The summed E-state index contributed by atoms with van der Waals surface area (Å²) < 4.78 is 5.54. The molecule has 4 heteroatoms. The van der Waals surface area contributed by atoms with Crippen molar-refractivity contribution < 1.29 is 4.74 Å². The number of benzene rings is 1. The molecule has 1 aliphatic heterocycles. The summed E-state index contributed by atoms with van der Waals surface area (Å²) in [5.74, 6) is 1.05. The van der Waals surface area contributed by atoms with E-state index in [0.717, 1.165) is 37.3 Å². The van der Waals surface area contributed by atoms with Crippen LogP contribution in [0.2, 0.25) is 0 Å². The Balaban J connectivity index is 1.66. The van der Waals surface area contributed by atoms with Crippen LogP contribution in [0.15, 0.2) is 36.8 Å². The van der Waals surface area contributed by atoms with Crippen molar-refractivity contribution in [2.75, 3.05) is 13.7 Å². The van der Waals surface area contributed by atoms with Crippen LogP contribution in [0.3, 0.4) is 0 Å². The zero-order chi connectivity index (χ0) is 13.8. The highest BCUT2D eigenvalue weighted by Gasteiger charge is 2.14. The van der Waals surface area contributed by atoms with Gasteiger partial charge in [0, 0.05) is 18.7 Å². The van der Waals surface area contributed by atoms with Gasteiger partial charge < -0.3 is 10.1 Å². The van der Waals surface area contributed by atoms with E-state index < -0.39 is 0 Å². The van der Waals surface area contributed by atoms with Crippen LogP contribution in [0.1, 0.15) is 29.3 Å². The van der Waals surface area contributed by atoms with E-state index in [-0.39, 0.29) is 6.04 Å². The van der Waals surface area contributed by atoms with E-state index in [1.807, 2.05) is 13.1 Å². The minimum atomic E-state index is 0.266. The first-order valence-corrected chi connectivity index (χ1v) is 7.04. The molecule has 104 valence electrons. The fraction of sp³-hybridized carbons (Fsp3) is 0.375. The van der Waals surface area contributed by atoms with Gasteiger partial charge in [-0.1, -0.05) is 12.1 Å². The van der Waals surface area contributed by atoms with E-state index in [2.05, 4.69) is 33.5 Å². The Hall–Kier alpha value is -1.94. The molecule has 0 fully saturated rings. The van der Waals surface area contributed by atoms with Crippen molar-refractivity contribution in [3.05, 3.63) is 53.6 Å². The topological polar surface area (TPSA) is 47.0 Å². The third-order valence-corrected chi connectivity index (χ3v) is 3.79. The molecule has 0 saturated heterocycles. The van der Waals surface area contributed by atoms with Crippen LogP contribution in [0.5, 0.6) is 5.75 Å². The summed E-state index contributed by atoms with van der Waals surface area (Å²) in [4.78, 5) is 8.29. The number of hydrogen-bond acceptors (Lipinski definition) is 4. The lowest BCUT2D eigenvalue weighted by atomic mass is 10.0. The summed E-state index contributed by atoms with van der Waals surface area (Å²) in [6, 6.07) is 8.77. The smallest absolute Gasteiger partial charge is 0.122 e. The van der Waals surface area contributed by atoms with E-state index in [9.17, 15) is 0 Å². The summed E-state index contributed by atoms with van der Waals surface area (Å²) >= 11 is 0. The first-order valence-electron chi connectivity index (χ1n) is 7.04. The standard InChI is InChI=1S/C16H19N3O/c1-17-14(15-6-8-18-11-19-15)4-2-12-3-5-16-13(10-12)7-9-20-16/h3,5-6,8,10-11,14,17H,2,4,7,9H2,1H3. The molecule has 0 spiro atoms. The van der Waals surface area contributed by atoms with Gasteiger partial charge in [0.1, 0.15) is 12.1 Å². The second kappa shape index (κ2) is 6.01. The Bertz CT molecular complexity index is 571. The number of aromatic nitrogens is 2. The molecular weight excluding hydrogens is 250 g/mol. The Kier molecular flexibility index (Phi) is 3.92. The number of hydrogen-bond donors (Lipinski definition) is 1. The van der Waals surface area contributed by atoms with Gasteiger partial charge in [0.05, 0.1) is 12.3 Å². The second-order valence-electron chi connectivity index (χ2n) is 5.05. The summed E-state index contributed by atoms with van der Waals surface area (Å²) in [5.41, 5.74) is 3.75. The van der Waals surface area contributed by atoms with E-state index in [0.29, 0.717) is 0 Å². The molecular formula is C16H19N3O. The first kappa shape index (κ1) is 13.1. The Morgan fingerprint density at radius 1 is 1.35 bits per heavy atom. The van der Waals surface area contributed by atoms with Crippen molar-refractivity contribution in [2.24, 2.45) is 0 Å². The van der Waals surface area contributed by atoms with E-state index in [1.54, 1.807) is 12.5 Å². The molecule has 2 aromatic rings. The normalized spacial score (nSPS) is 14.7. The van der Waals surface area contributed by atoms with Gasteiger partial charge >= 0.3 is 0 Å². The first-order chi connectivity index (χ1) is 9.86. The molecule has 0 aliphatic carbocycles. The molecule has 1 aliphatic rings. The monoisotopic (exact) mass is 269 g/mol. The molecule has 1 aromatic heterocycles. The van der Waals surface area contributed by atoms with E-state index >= 15 is 0 Å². The predicted octanol–water partition coefficient (Wildman–Crippen LogP) is 2.30. The van der Waals surface area contributed by atoms with Gasteiger partial charge in [-0.3, -0.25) is 0 Å². The van der Waals surface area contributed by atoms with Crippen LogP contribution in [0.4, 0.5) is 0 Å².